The molecule has 0 saturated heterocycles. The van der Waals surface area contributed by atoms with Crippen molar-refractivity contribution in [1.29, 1.82) is 0 Å². The van der Waals surface area contributed by atoms with Crippen molar-refractivity contribution in [2.24, 2.45) is 0 Å². The second-order valence-corrected chi connectivity index (χ2v) is 6.04. The summed E-state index contributed by atoms with van der Waals surface area (Å²) < 4.78 is 0. The normalized spacial score (nSPS) is 12.9. The Morgan fingerprint density at radius 1 is 1.22 bits per heavy atom. The topological polar surface area (TPSA) is 24.9 Å². The van der Waals surface area contributed by atoms with Crippen molar-refractivity contribution in [2.75, 3.05) is 0 Å². The van der Waals surface area contributed by atoms with Gasteiger partial charge < -0.3 is 5.32 Å². The highest BCUT2D eigenvalue weighted by molar-refractivity contribution is 7.09. The third-order valence-electron chi connectivity index (χ3n) is 2.48. The highest BCUT2D eigenvalue weighted by Gasteiger charge is 2.18. The molecule has 1 N–H and O–H groups in total. The maximum Gasteiger partial charge on any atom is 0.114 e. The Morgan fingerprint density at radius 2 is 2.00 bits per heavy atom. The predicted molar refractivity (Wildman–Crippen MR) is 78.7 cm³/mol. The maximum absolute atomic E-state index is 6.08. The minimum atomic E-state index is 0.0553. The van der Waals surface area contributed by atoms with Gasteiger partial charge in [0, 0.05) is 17.6 Å². The van der Waals surface area contributed by atoms with Crippen molar-refractivity contribution in [3.8, 4) is 0 Å². The fourth-order valence-electron chi connectivity index (χ4n) is 1.71. The lowest BCUT2D eigenvalue weighted by atomic mass is 10.1. The van der Waals surface area contributed by atoms with E-state index in [0.717, 1.165) is 10.6 Å². The first-order chi connectivity index (χ1) is 8.58. The SMILES string of the molecule is CC(C)NC(c1ccc(Cl)c(Cl)c1)c1nccs1. The van der Waals surface area contributed by atoms with Gasteiger partial charge in [-0.15, -0.1) is 11.3 Å². The standard InChI is InChI=1S/C13H14Cl2N2S/c1-8(2)17-12(13-16-5-6-18-13)9-3-4-10(14)11(15)7-9/h3-8,12,17H,1-2H3. The van der Waals surface area contributed by atoms with Crippen molar-refractivity contribution in [2.45, 2.75) is 25.9 Å². The van der Waals surface area contributed by atoms with Gasteiger partial charge >= 0.3 is 0 Å². The van der Waals surface area contributed by atoms with E-state index in [1.807, 2.05) is 29.8 Å². The zero-order chi connectivity index (χ0) is 13.1. The minimum absolute atomic E-state index is 0.0553. The van der Waals surface area contributed by atoms with E-state index in [4.69, 9.17) is 23.2 Å². The van der Waals surface area contributed by atoms with Gasteiger partial charge in [-0.3, -0.25) is 0 Å². The third-order valence-corrected chi connectivity index (χ3v) is 4.05. The summed E-state index contributed by atoms with van der Waals surface area (Å²) in [5.74, 6) is 0. The molecular weight excluding hydrogens is 287 g/mol. The molecule has 0 saturated carbocycles. The molecule has 0 aliphatic heterocycles. The summed E-state index contributed by atoms with van der Waals surface area (Å²) in [6.45, 7) is 4.22. The van der Waals surface area contributed by atoms with Crippen LogP contribution in [-0.4, -0.2) is 11.0 Å². The fraction of sp³-hybridized carbons (Fsp3) is 0.308. The van der Waals surface area contributed by atoms with Gasteiger partial charge in [-0.1, -0.05) is 29.3 Å². The fourth-order valence-corrected chi connectivity index (χ4v) is 2.74. The molecule has 2 rings (SSSR count). The average molecular weight is 301 g/mol. The first kappa shape index (κ1) is 13.8. The lowest BCUT2D eigenvalue weighted by Gasteiger charge is -2.20. The number of hydrogen-bond acceptors (Lipinski definition) is 3. The van der Waals surface area contributed by atoms with Crippen LogP contribution in [0.2, 0.25) is 10.0 Å². The lowest BCUT2D eigenvalue weighted by Crippen LogP contribution is -2.28. The minimum Gasteiger partial charge on any atom is -0.302 e. The second kappa shape index (κ2) is 6.02. The highest BCUT2D eigenvalue weighted by Crippen LogP contribution is 2.30. The zero-order valence-electron chi connectivity index (χ0n) is 10.2. The number of thiazole rings is 1. The van der Waals surface area contributed by atoms with Gasteiger partial charge in [0.2, 0.25) is 0 Å². The summed E-state index contributed by atoms with van der Waals surface area (Å²) in [7, 11) is 0. The monoisotopic (exact) mass is 300 g/mol. The quantitative estimate of drug-likeness (QED) is 0.897. The van der Waals surface area contributed by atoms with Crippen LogP contribution >= 0.6 is 34.5 Å². The van der Waals surface area contributed by atoms with Crippen molar-refractivity contribution >= 4 is 34.5 Å². The first-order valence-electron chi connectivity index (χ1n) is 5.68. The first-order valence-corrected chi connectivity index (χ1v) is 7.32. The van der Waals surface area contributed by atoms with Gasteiger partial charge in [-0.2, -0.15) is 0 Å². The van der Waals surface area contributed by atoms with Crippen LogP contribution in [0.1, 0.15) is 30.5 Å². The molecule has 0 radical (unpaired) electrons. The summed E-state index contributed by atoms with van der Waals surface area (Å²) in [5, 5.41) is 7.64. The van der Waals surface area contributed by atoms with Crippen LogP contribution in [0.4, 0.5) is 0 Å². The van der Waals surface area contributed by atoms with Crippen LogP contribution < -0.4 is 5.32 Å². The Balaban J connectivity index is 2.36. The van der Waals surface area contributed by atoms with E-state index in [9.17, 15) is 0 Å². The molecule has 18 heavy (non-hydrogen) atoms. The number of halogens is 2. The van der Waals surface area contributed by atoms with E-state index < -0.39 is 0 Å². The summed E-state index contributed by atoms with van der Waals surface area (Å²) in [6, 6.07) is 6.11. The molecule has 5 heteroatoms. The summed E-state index contributed by atoms with van der Waals surface area (Å²) in [6.07, 6.45) is 1.81. The average Bonchev–Trinajstić information content (AvgIpc) is 2.83. The van der Waals surface area contributed by atoms with Gasteiger partial charge in [-0.05, 0) is 31.5 Å². The molecule has 1 heterocycles. The second-order valence-electron chi connectivity index (χ2n) is 4.30. The van der Waals surface area contributed by atoms with Gasteiger partial charge in [-0.25, -0.2) is 4.98 Å². The molecule has 2 aromatic rings. The summed E-state index contributed by atoms with van der Waals surface area (Å²) in [5.41, 5.74) is 1.08. The number of aromatic nitrogens is 1. The lowest BCUT2D eigenvalue weighted by molar-refractivity contribution is 0.527. The molecule has 0 amide bonds. The Morgan fingerprint density at radius 3 is 2.56 bits per heavy atom. The molecule has 0 spiro atoms. The van der Waals surface area contributed by atoms with Crippen molar-refractivity contribution in [1.82, 2.24) is 10.3 Å². The van der Waals surface area contributed by atoms with Gasteiger partial charge in [0.1, 0.15) is 5.01 Å². The molecule has 2 nitrogen and oxygen atoms in total. The summed E-state index contributed by atoms with van der Waals surface area (Å²) >= 11 is 13.7. The molecule has 0 bridgehead atoms. The van der Waals surface area contributed by atoms with E-state index >= 15 is 0 Å². The third kappa shape index (κ3) is 3.23. The largest absolute Gasteiger partial charge is 0.302 e. The predicted octanol–water partition coefficient (Wildman–Crippen LogP) is 4.54. The van der Waals surface area contributed by atoms with Crippen LogP contribution in [0.25, 0.3) is 0 Å². The molecule has 0 aliphatic carbocycles. The smallest absolute Gasteiger partial charge is 0.114 e. The maximum atomic E-state index is 6.08. The molecule has 0 aliphatic rings. The molecule has 1 aromatic heterocycles. The number of nitrogens with one attached hydrogen (secondary N) is 1. The molecular formula is C13H14Cl2N2S. The van der Waals surface area contributed by atoms with E-state index in [2.05, 4.69) is 24.1 Å². The van der Waals surface area contributed by atoms with E-state index in [-0.39, 0.29) is 6.04 Å². The van der Waals surface area contributed by atoms with Crippen molar-refractivity contribution < 1.29 is 0 Å². The molecule has 1 unspecified atom stereocenters. The van der Waals surface area contributed by atoms with E-state index in [0.29, 0.717) is 16.1 Å². The number of hydrogen-bond donors (Lipinski definition) is 1. The number of rotatable bonds is 4. The van der Waals surface area contributed by atoms with E-state index in [1.165, 1.54) is 0 Å². The van der Waals surface area contributed by atoms with Crippen LogP contribution in [0.15, 0.2) is 29.8 Å². The van der Waals surface area contributed by atoms with E-state index in [1.54, 1.807) is 11.3 Å². The van der Waals surface area contributed by atoms with Crippen molar-refractivity contribution in [3.05, 3.63) is 50.4 Å². The Kier molecular flexibility index (Phi) is 4.62. The Hall–Kier alpha value is -0.610. The Labute approximate surface area is 121 Å². The van der Waals surface area contributed by atoms with Crippen LogP contribution in [0, 0.1) is 0 Å². The van der Waals surface area contributed by atoms with Gasteiger partial charge in [0.05, 0.1) is 16.1 Å². The molecule has 0 fully saturated rings. The Bertz CT molecular complexity index is 512. The molecule has 96 valence electrons. The van der Waals surface area contributed by atoms with Crippen LogP contribution in [0.3, 0.4) is 0 Å². The zero-order valence-corrected chi connectivity index (χ0v) is 12.5. The van der Waals surface area contributed by atoms with Crippen molar-refractivity contribution in [3.63, 3.8) is 0 Å². The highest BCUT2D eigenvalue weighted by atomic mass is 35.5. The number of nitrogens with zero attached hydrogens (tertiary/aromatic N) is 1. The number of benzene rings is 1. The molecule has 1 aromatic carbocycles. The van der Waals surface area contributed by atoms with Crippen LogP contribution in [0.5, 0.6) is 0 Å². The summed E-state index contributed by atoms with van der Waals surface area (Å²) in [4.78, 5) is 4.38. The molecule has 1 atom stereocenters. The van der Waals surface area contributed by atoms with Gasteiger partial charge in [0.15, 0.2) is 0 Å². The van der Waals surface area contributed by atoms with Crippen LogP contribution in [-0.2, 0) is 0 Å². The van der Waals surface area contributed by atoms with Gasteiger partial charge in [0.25, 0.3) is 0 Å².